The van der Waals surface area contributed by atoms with Gasteiger partial charge in [-0.2, -0.15) is 0 Å². The molecule has 2 rings (SSSR count). The van der Waals surface area contributed by atoms with Crippen LogP contribution < -0.4 is 16.0 Å². The largest absolute Gasteiger partial charge is 0.356 e. The normalized spacial score (nSPS) is 10.9. The average molecular weight is 501 g/mol. The van der Waals surface area contributed by atoms with Gasteiger partial charge in [0.1, 0.15) is 0 Å². The van der Waals surface area contributed by atoms with E-state index in [1.165, 1.54) is 10.4 Å². The van der Waals surface area contributed by atoms with Crippen molar-refractivity contribution in [2.45, 2.75) is 33.6 Å². The van der Waals surface area contributed by atoms with Crippen molar-refractivity contribution in [3.05, 3.63) is 45.4 Å². The molecule has 0 unspecified atom stereocenters. The molecule has 0 spiro atoms. The third-order valence-corrected chi connectivity index (χ3v) is 5.10. The molecule has 148 valence electrons. The lowest BCUT2D eigenvalue weighted by Crippen LogP contribution is -2.42. The molecular formula is C19H28IN5OS. The van der Waals surface area contributed by atoms with E-state index in [9.17, 15) is 4.79 Å². The zero-order valence-corrected chi connectivity index (χ0v) is 19.4. The zero-order chi connectivity index (χ0) is 18.9. The monoisotopic (exact) mass is 501 g/mol. The smallest absolute Gasteiger partial charge is 0.243 e. The highest BCUT2D eigenvalue weighted by molar-refractivity contribution is 14.0. The Labute approximate surface area is 182 Å². The molecule has 0 fully saturated rings. The number of aryl methyl sites for hydroxylation is 3. The molecule has 0 saturated heterocycles. The van der Waals surface area contributed by atoms with Gasteiger partial charge in [0.05, 0.1) is 17.2 Å². The van der Waals surface area contributed by atoms with Crippen molar-refractivity contribution in [1.29, 1.82) is 0 Å². The van der Waals surface area contributed by atoms with E-state index in [1.54, 1.807) is 18.4 Å². The molecule has 1 amide bonds. The lowest BCUT2D eigenvalue weighted by molar-refractivity contribution is -0.115. The third-order valence-electron chi connectivity index (χ3n) is 3.96. The molecule has 0 saturated carbocycles. The number of aromatic nitrogens is 1. The summed E-state index contributed by atoms with van der Waals surface area (Å²) in [6.45, 7) is 7.07. The fourth-order valence-corrected chi connectivity index (χ4v) is 3.33. The molecule has 8 heteroatoms. The van der Waals surface area contributed by atoms with Crippen molar-refractivity contribution in [3.8, 4) is 0 Å². The number of hydrogen-bond donors (Lipinski definition) is 3. The number of anilines is 1. The summed E-state index contributed by atoms with van der Waals surface area (Å²) >= 11 is 1.72. The van der Waals surface area contributed by atoms with Crippen molar-refractivity contribution in [2.75, 3.05) is 25.5 Å². The Morgan fingerprint density at radius 1 is 1.26 bits per heavy atom. The fourth-order valence-electron chi connectivity index (χ4n) is 2.39. The number of amides is 1. The molecule has 3 N–H and O–H groups in total. The van der Waals surface area contributed by atoms with Crippen molar-refractivity contribution in [3.63, 3.8) is 0 Å². The maximum atomic E-state index is 12.1. The van der Waals surface area contributed by atoms with Gasteiger partial charge in [-0.25, -0.2) is 4.98 Å². The quantitative estimate of drug-likeness (QED) is 0.309. The molecule has 0 bridgehead atoms. The second-order valence-corrected chi connectivity index (χ2v) is 7.24. The SMILES string of the molecule is CCc1cccc(NC(=O)CNC(=NC)NCCc2nc(C)c(C)s2)c1.I. The number of rotatable bonds is 7. The summed E-state index contributed by atoms with van der Waals surface area (Å²) < 4.78 is 0. The number of benzene rings is 1. The number of halogens is 1. The Morgan fingerprint density at radius 3 is 2.67 bits per heavy atom. The molecule has 1 aromatic carbocycles. The first kappa shape index (κ1) is 23.4. The van der Waals surface area contributed by atoms with Crippen LogP contribution in [0.3, 0.4) is 0 Å². The molecule has 1 heterocycles. The summed E-state index contributed by atoms with van der Waals surface area (Å²) in [5.74, 6) is 0.500. The van der Waals surface area contributed by atoms with Crippen LogP contribution in [0.1, 0.15) is 28.1 Å². The maximum absolute atomic E-state index is 12.1. The van der Waals surface area contributed by atoms with Crippen LogP contribution >= 0.6 is 35.3 Å². The first-order valence-electron chi connectivity index (χ1n) is 8.78. The van der Waals surface area contributed by atoms with Crippen LogP contribution in [0.15, 0.2) is 29.3 Å². The Balaban J connectivity index is 0.00000364. The van der Waals surface area contributed by atoms with Gasteiger partial charge in [0, 0.05) is 30.6 Å². The van der Waals surface area contributed by atoms with Crippen LogP contribution in [0.25, 0.3) is 0 Å². The molecule has 6 nitrogen and oxygen atoms in total. The highest BCUT2D eigenvalue weighted by Gasteiger charge is 2.06. The van der Waals surface area contributed by atoms with Crippen molar-refractivity contribution >= 4 is 52.9 Å². The summed E-state index contributed by atoms with van der Waals surface area (Å²) in [5.41, 5.74) is 3.10. The molecule has 0 aliphatic heterocycles. The van der Waals surface area contributed by atoms with Crippen LogP contribution in [0, 0.1) is 13.8 Å². The minimum absolute atomic E-state index is 0. The Morgan fingerprint density at radius 2 is 2.04 bits per heavy atom. The third kappa shape index (κ3) is 7.84. The standard InChI is InChI=1S/C19H27N5OS.HI/c1-5-15-7-6-8-16(11-15)24-17(25)12-22-19(20-4)21-10-9-18-23-13(2)14(3)26-18;/h6-8,11H,5,9-10,12H2,1-4H3,(H,24,25)(H2,20,21,22);1H. The molecule has 2 aromatic rings. The van der Waals surface area contributed by atoms with Crippen LogP contribution in [0.5, 0.6) is 0 Å². The summed E-state index contributed by atoms with van der Waals surface area (Å²) in [7, 11) is 1.69. The summed E-state index contributed by atoms with van der Waals surface area (Å²) in [5, 5.41) is 10.2. The number of thiazole rings is 1. The fraction of sp³-hybridized carbons (Fsp3) is 0.421. The number of nitrogens with zero attached hydrogens (tertiary/aromatic N) is 2. The summed E-state index contributed by atoms with van der Waals surface area (Å²) in [6, 6.07) is 7.88. The molecule has 0 aliphatic carbocycles. The second-order valence-electron chi connectivity index (χ2n) is 5.95. The van der Waals surface area contributed by atoms with Gasteiger partial charge in [0.2, 0.25) is 5.91 Å². The lowest BCUT2D eigenvalue weighted by Gasteiger charge is -2.12. The molecular weight excluding hydrogens is 473 g/mol. The van der Waals surface area contributed by atoms with E-state index in [0.717, 1.165) is 29.2 Å². The van der Waals surface area contributed by atoms with E-state index in [4.69, 9.17) is 0 Å². The number of guanidine groups is 1. The second kappa shape index (κ2) is 11.9. The topological polar surface area (TPSA) is 78.4 Å². The van der Waals surface area contributed by atoms with Crippen LogP contribution in [0.4, 0.5) is 5.69 Å². The number of aliphatic imine (C=N–C) groups is 1. The van der Waals surface area contributed by atoms with E-state index in [2.05, 4.69) is 39.8 Å². The van der Waals surface area contributed by atoms with Gasteiger partial charge in [-0.05, 0) is 38.0 Å². The van der Waals surface area contributed by atoms with Gasteiger partial charge in [0.15, 0.2) is 5.96 Å². The minimum atomic E-state index is -0.104. The minimum Gasteiger partial charge on any atom is -0.356 e. The number of carbonyl (C=O) groups is 1. The highest BCUT2D eigenvalue weighted by Crippen LogP contribution is 2.16. The Hall–Kier alpha value is -1.68. The van der Waals surface area contributed by atoms with Gasteiger partial charge in [-0.3, -0.25) is 9.79 Å². The van der Waals surface area contributed by atoms with Gasteiger partial charge >= 0.3 is 0 Å². The van der Waals surface area contributed by atoms with Crippen molar-refractivity contribution in [1.82, 2.24) is 15.6 Å². The first-order chi connectivity index (χ1) is 12.5. The molecule has 0 radical (unpaired) electrons. The van der Waals surface area contributed by atoms with Crippen LogP contribution in [-0.2, 0) is 17.6 Å². The van der Waals surface area contributed by atoms with Crippen molar-refractivity contribution in [2.24, 2.45) is 4.99 Å². The van der Waals surface area contributed by atoms with Gasteiger partial charge < -0.3 is 16.0 Å². The van der Waals surface area contributed by atoms with E-state index in [0.29, 0.717) is 12.5 Å². The van der Waals surface area contributed by atoms with E-state index >= 15 is 0 Å². The van der Waals surface area contributed by atoms with E-state index in [1.807, 2.05) is 31.2 Å². The highest BCUT2D eigenvalue weighted by atomic mass is 127. The van der Waals surface area contributed by atoms with Crippen LogP contribution in [-0.4, -0.2) is 37.0 Å². The van der Waals surface area contributed by atoms with Crippen molar-refractivity contribution < 1.29 is 4.79 Å². The number of hydrogen-bond acceptors (Lipinski definition) is 4. The van der Waals surface area contributed by atoms with Gasteiger partial charge in [-0.15, -0.1) is 35.3 Å². The lowest BCUT2D eigenvalue weighted by atomic mass is 10.1. The Kier molecular flexibility index (Phi) is 10.3. The van der Waals surface area contributed by atoms with Gasteiger partial charge in [-0.1, -0.05) is 19.1 Å². The number of carbonyl (C=O) groups excluding carboxylic acids is 1. The molecule has 0 aliphatic rings. The van der Waals surface area contributed by atoms with Gasteiger partial charge in [0.25, 0.3) is 0 Å². The molecule has 27 heavy (non-hydrogen) atoms. The molecule has 1 aromatic heterocycles. The predicted molar refractivity (Wildman–Crippen MR) is 125 cm³/mol. The van der Waals surface area contributed by atoms with Crippen LogP contribution in [0.2, 0.25) is 0 Å². The first-order valence-corrected chi connectivity index (χ1v) is 9.59. The number of nitrogens with one attached hydrogen (secondary N) is 3. The average Bonchev–Trinajstić information content (AvgIpc) is 2.95. The van der Waals surface area contributed by atoms with E-state index in [-0.39, 0.29) is 36.4 Å². The van der Waals surface area contributed by atoms with E-state index < -0.39 is 0 Å². The Bertz CT molecular complexity index is 756. The zero-order valence-electron chi connectivity index (χ0n) is 16.3. The molecule has 0 atom stereocenters. The summed E-state index contributed by atoms with van der Waals surface area (Å²) in [6.07, 6.45) is 1.77. The summed E-state index contributed by atoms with van der Waals surface area (Å²) in [4.78, 5) is 22.0. The maximum Gasteiger partial charge on any atom is 0.243 e. The predicted octanol–water partition coefficient (Wildman–Crippen LogP) is 3.29.